The van der Waals surface area contributed by atoms with E-state index >= 15 is 0 Å². The summed E-state index contributed by atoms with van der Waals surface area (Å²) in [4.78, 5) is 24.0. The molecule has 26 heavy (non-hydrogen) atoms. The first-order valence-corrected chi connectivity index (χ1v) is 8.36. The topological polar surface area (TPSA) is 81.9 Å². The fourth-order valence-electron chi connectivity index (χ4n) is 3.08. The molecule has 0 atom stereocenters. The van der Waals surface area contributed by atoms with Gasteiger partial charge in [-0.15, -0.1) is 0 Å². The van der Waals surface area contributed by atoms with Crippen molar-refractivity contribution in [2.24, 2.45) is 0 Å². The molecule has 8 heteroatoms. The Kier molecular flexibility index (Phi) is 4.00. The predicted octanol–water partition coefficient (Wildman–Crippen LogP) is 2.77. The second-order valence-corrected chi connectivity index (χ2v) is 6.31. The highest BCUT2D eigenvalue weighted by molar-refractivity contribution is 6.35. The molecule has 0 aliphatic carbocycles. The molecule has 0 bridgehead atoms. The highest BCUT2D eigenvalue weighted by Crippen LogP contribution is 2.25. The van der Waals surface area contributed by atoms with Crippen molar-refractivity contribution in [3.63, 3.8) is 0 Å². The minimum absolute atomic E-state index is 0.253. The summed E-state index contributed by atoms with van der Waals surface area (Å²) in [6.07, 6.45) is 5.30. The van der Waals surface area contributed by atoms with Gasteiger partial charge in [0.15, 0.2) is 0 Å². The third-order valence-corrected chi connectivity index (χ3v) is 4.71. The lowest BCUT2D eigenvalue weighted by Crippen LogP contribution is -2.14. The van der Waals surface area contributed by atoms with E-state index in [1.165, 1.54) is 7.11 Å². The Labute approximate surface area is 153 Å². The highest BCUT2D eigenvalue weighted by atomic mass is 35.5. The lowest BCUT2D eigenvalue weighted by molar-refractivity contribution is 0.0600. The summed E-state index contributed by atoms with van der Waals surface area (Å²) < 4.78 is 8.67. The predicted molar refractivity (Wildman–Crippen MR) is 97.8 cm³/mol. The van der Waals surface area contributed by atoms with Gasteiger partial charge >= 0.3 is 5.97 Å². The number of fused-ring (bicyclic) bond motifs is 2. The number of aromatic amines is 1. The highest BCUT2D eigenvalue weighted by Gasteiger charge is 2.21. The Bertz CT molecular complexity index is 1140. The van der Waals surface area contributed by atoms with Crippen molar-refractivity contribution in [2.45, 2.75) is 13.1 Å². The van der Waals surface area contributed by atoms with Crippen LogP contribution in [0.2, 0.25) is 5.02 Å². The average molecular weight is 371 g/mol. The number of nitrogens with one attached hydrogen (secondary N) is 1. The van der Waals surface area contributed by atoms with E-state index in [1.54, 1.807) is 17.0 Å². The van der Waals surface area contributed by atoms with E-state index in [0.717, 1.165) is 10.9 Å². The van der Waals surface area contributed by atoms with Gasteiger partial charge < -0.3 is 13.9 Å². The molecule has 0 unspecified atom stereocenters. The van der Waals surface area contributed by atoms with Gasteiger partial charge in [-0.1, -0.05) is 17.7 Å². The van der Waals surface area contributed by atoms with Crippen LogP contribution in [0.3, 0.4) is 0 Å². The number of carbonyl (C=O) groups is 1. The first-order valence-electron chi connectivity index (χ1n) is 7.98. The number of aromatic nitrogens is 4. The number of pyridine rings is 1. The zero-order valence-corrected chi connectivity index (χ0v) is 14.7. The summed E-state index contributed by atoms with van der Waals surface area (Å²) in [5.41, 5.74) is 1.62. The number of benzene rings is 1. The number of aryl methyl sites for hydroxylation is 2. The van der Waals surface area contributed by atoms with Gasteiger partial charge in [0.25, 0.3) is 5.56 Å². The Morgan fingerprint density at radius 2 is 2.12 bits per heavy atom. The molecule has 0 saturated carbocycles. The van der Waals surface area contributed by atoms with Gasteiger partial charge in [0, 0.05) is 47.6 Å². The molecular formula is C18H15ClN4O3. The Morgan fingerprint density at radius 1 is 1.27 bits per heavy atom. The third-order valence-electron chi connectivity index (χ3n) is 4.38. The Hall–Kier alpha value is -3.06. The Balaban J connectivity index is 1.69. The van der Waals surface area contributed by atoms with Crippen molar-refractivity contribution in [3.8, 4) is 11.3 Å². The van der Waals surface area contributed by atoms with Crippen LogP contribution in [0, 0.1) is 0 Å². The summed E-state index contributed by atoms with van der Waals surface area (Å²) in [6.45, 7) is 1.20. The zero-order valence-electron chi connectivity index (χ0n) is 13.9. The minimum atomic E-state index is -0.533. The first kappa shape index (κ1) is 16.4. The first-order chi connectivity index (χ1) is 12.6. The third kappa shape index (κ3) is 2.66. The van der Waals surface area contributed by atoms with Crippen molar-refractivity contribution in [2.75, 3.05) is 7.11 Å². The normalized spacial score (nSPS) is 11.3. The Morgan fingerprint density at radius 3 is 2.92 bits per heavy atom. The average Bonchev–Trinajstić information content (AvgIpc) is 3.23. The molecule has 1 aromatic carbocycles. The fraction of sp³-hybridized carbons (Fsp3) is 0.167. The zero-order chi connectivity index (χ0) is 18.3. The summed E-state index contributed by atoms with van der Waals surface area (Å²) >= 11 is 6.21. The van der Waals surface area contributed by atoms with Gasteiger partial charge in [-0.3, -0.25) is 4.79 Å². The fourth-order valence-corrected chi connectivity index (χ4v) is 3.31. The molecule has 4 rings (SSSR count). The maximum Gasteiger partial charge on any atom is 0.341 e. The van der Waals surface area contributed by atoms with Crippen LogP contribution in [0.4, 0.5) is 0 Å². The summed E-state index contributed by atoms with van der Waals surface area (Å²) in [6, 6.07) is 7.73. The molecule has 0 amide bonds. The number of esters is 1. The molecule has 7 nitrogen and oxygen atoms in total. The van der Waals surface area contributed by atoms with E-state index in [0.29, 0.717) is 29.4 Å². The van der Waals surface area contributed by atoms with Gasteiger partial charge in [0.2, 0.25) is 0 Å². The van der Waals surface area contributed by atoms with Gasteiger partial charge in [0.05, 0.1) is 12.7 Å². The van der Waals surface area contributed by atoms with Gasteiger partial charge in [-0.05, 0) is 18.2 Å². The smallest absolute Gasteiger partial charge is 0.341 e. The van der Waals surface area contributed by atoms with Crippen LogP contribution in [0.1, 0.15) is 10.4 Å². The number of ether oxygens (including phenoxy) is 1. The lowest BCUT2D eigenvalue weighted by atomic mass is 10.1. The number of hydrogen-bond donors (Lipinski definition) is 1. The molecule has 0 fully saturated rings. The molecule has 0 saturated heterocycles. The SMILES string of the molecule is COC(=O)c1cn(CCn2ccc3c(Cl)cccc32)cc2c(=O)[nH]nc1-2. The largest absolute Gasteiger partial charge is 0.465 e. The molecular weight excluding hydrogens is 356 g/mol. The maximum absolute atomic E-state index is 12.0. The van der Waals surface area contributed by atoms with Gasteiger partial charge in [0.1, 0.15) is 11.3 Å². The van der Waals surface area contributed by atoms with E-state index < -0.39 is 5.97 Å². The maximum atomic E-state index is 12.0. The standard InChI is InChI=1S/C18H15ClN4O3/c1-26-18(25)13-10-22(9-12-16(13)20-21-17(12)24)7-8-23-6-5-11-14(19)3-2-4-15(11)23/h2-6,9-10H,7-8H2,1H3,(H,21,24). The molecule has 0 spiro atoms. The number of halogens is 1. The minimum Gasteiger partial charge on any atom is -0.465 e. The molecule has 3 heterocycles. The quantitative estimate of drug-likeness (QED) is 0.560. The number of nitrogens with zero attached hydrogens (tertiary/aromatic N) is 3. The van der Waals surface area contributed by atoms with E-state index in [1.807, 2.05) is 30.5 Å². The number of carbonyl (C=O) groups excluding carboxylic acids is 1. The van der Waals surface area contributed by atoms with E-state index in [9.17, 15) is 9.59 Å². The van der Waals surface area contributed by atoms with Crippen LogP contribution in [-0.4, -0.2) is 32.4 Å². The second-order valence-electron chi connectivity index (χ2n) is 5.90. The molecule has 2 aromatic rings. The van der Waals surface area contributed by atoms with E-state index in [-0.39, 0.29) is 11.1 Å². The number of rotatable bonds is 4. The molecule has 132 valence electrons. The monoisotopic (exact) mass is 370 g/mol. The van der Waals surface area contributed by atoms with Crippen molar-refractivity contribution in [1.82, 2.24) is 19.3 Å². The molecule has 0 radical (unpaired) electrons. The van der Waals surface area contributed by atoms with Crippen LogP contribution in [0.15, 0.2) is 47.7 Å². The molecule has 1 aromatic heterocycles. The summed E-state index contributed by atoms with van der Waals surface area (Å²) in [7, 11) is 1.30. The number of hydrogen-bond acceptors (Lipinski definition) is 4. The number of H-pyrrole nitrogens is 1. The summed E-state index contributed by atoms with van der Waals surface area (Å²) in [5.74, 6) is -0.533. The van der Waals surface area contributed by atoms with Crippen LogP contribution in [-0.2, 0) is 17.8 Å². The lowest BCUT2D eigenvalue weighted by Gasteiger charge is -2.13. The summed E-state index contributed by atoms with van der Waals surface area (Å²) in [5, 5.41) is 7.99. The van der Waals surface area contributed by atoms with Crippen molar-refractivity contribution < 1.29 is 9.53 Å². The van der Waals surface area contributed by atoms with Crippen LogP contribution in [0.5, 0.6) is 0 Å². The molecule has 1 N–H and O–H groups in total. The van der Waals surface area contributed by atoms with Crippen LogP contribution < -0.4 is 5.56 Å². The van der Waals surface area contributed by atoms with Gasteiger partial charge in [-0.2, -0.15) is 5.10 Å². The molecule has 2 aliphatic heterocycles. The second kappa shape index (κ2) is 6.34. The van der Waals surface area contributed by atoms with E-state index in [2.05, 4.69) is 14.8 Å². The number of methoxy groups -OCH3 is 1. The van der Waals surface area contributed by atoms with E-state index in [4.69, 9.17) is 16.3 Å². The van der Waals surface area contributed by atoms with Crippen molar-refractivity contribution >= 4 is 28.5 Å². The van der Waals surface area contributed by atoms with Crippen LogP contribution >= 0.6 is 11.6 Å². The van der Waals surface area contributed by atoms with Crippen molar-refractivity contribution in [1.29, 1.82) is 0 Å². The van der Waals surface area contributed by atoms with Crippen LogP contribution in [0.25, 0.3) is 22.2 Å². The molecule has 2 aliphatic rings. The van der Waals surface area contributed by atoms with Crippen molar-refractivity contribution in [3.05, 3.63) is 63.8 Å². The van der Waals surface area contributed by atoms with Gasteiger partial charge in [-0.25, -0.2) is 9.89 Å².